The van der Waals surface area contributed by atoms with Crippen LogP contribution in [-0.4, -0.2) is 15.8 Å². The highest BCUT2D eigenvalue weighted by Gasteiger charge is 2.05. The van der Waals surface area contributed by atoms with E-state index in [0.29, 0.717) is 5.13 Å². The van der Waals surface area contributed by atoms with Crippen LogP contribution in [0.1, 0.15) is 44.9 Å². The minimum atomic E-state index is 0.0605. The zero-order valence-electron chi connectivity index (χ0n) is 9.28. The van der Waals surface area contributed by atoms with Crippen molar-refractivity contribution in [3.63, 3.8) is 0 Å². The van der Waals surface area contributed by atoms with E-state index in [1.165, 1.54) is 49.2 Å². The van der Waals surface area contributed by atoms with Gasteiger partial charge in [0.05, 0.1) is 5.38 Å². The summed E-state index contributed by atoms with van der Waals surface area (Å²) in [5.41, 5.74) is 4.15. The molecule has 0 spiro atoms. The molecule has 2 N–H and O–H groups in total. The van der Waals surface area contributed by atoms with E-state index < -0.39 is 0 Å². The van der Waals surface area contributed by atoms with Crippen LogP contribution in [0.3, 0.4) is 0 Å². The largest absolute Gasteiger partial charge is 0.493 e. The van der Waals surface area contributed by atoms with Crippen LogP contribution in [0.5, 0.6) is 5.88 Å². The second-order valence-electron chi connectivity index (χ2n) is 4.07. The summed E-state index contributed by atoms with van der Waals surface area (Å²) >= 11 is 1.37. The Bertz CT molecular complexity index is 352. The molecule has 4 nitrogen and oxygen atoms in total. The fraction of sp³-hybridized carbons (Fsp3) is 0.636. The number of anilines is 1. The van der Waals surface area contributed by atoms with Crippen molar-refractivity contribution in [1.82, 2.24) is 4.98 Å². The van der Waals surface area contributed by atoms with Crippen molar-refractivity contribution in [2.24, 2.45) is 5.10 Å². The highest BCUT2D eigenvalue weighted by atomic mass is 32.1. The second kappa shape index (κ2) is 5.84. The Morgan fingerprint density at radius 1 is 1.19 bits per heavy atom. The molecule has 88 valence electrons. The van der Waals surface area contributed by atoms with E-state index in [2.05, 4.69) is 15.5 Å². The van der Waals surface area contributed by atoms with E-state index in [9.17, 15) is 0 Å². The van der Waals surface area contributed by atoms with Crippen LogP contribution in [0.25, 0.3) is 0 Å². The second-order valence-corrected chi connectivity index (χ2v) is 4.93. The number of thiazole rings is 1. The molecule has 0 aromatic carbocycles. The first-order chi connectivity index (χ1) is 7.84. The van der Waals surface area contributed by atoms with Crippen molar-refractivity contribution in [1.29, 1.82) is 0 Å². The molecule has 0 amide bonds. The van der Waals surface area contributed by atoms with Crippen LogP contribution >= 0.6 is 11.3 Å². The Hall–Kier alpha value is -1.10. The van der Waals surface area contributed by atoms with Gasteiger partial charge in [0.15, 0.2) is 0 Å². The van der Waals surface area contributed by atoms with E-state index >= 15 is 0 Å². The molecule has 0 radical (unpaired) electrons. The van der Waals surface area contributed by atoms with Gasteiger partial charge in [-0.25, -0.2) is 0 Å². The van der Waals surface area contributed by atoms with Crippen molar-refractivity contribution in [2.45, 2.75) is 44.9 Å². The molecular weight excluding hydrogens is 222 g/mol. The molecule has 0 atom stereocenters. The van der Waals surface area contributed by atoms with Crippen LogP contribution in [0.2, 0.25) is 0 Å². The molecule has 1 aliphatic carbocycles. The van der Waals surface area contributed by atoms with E-state index in [4.69, 9.17) is 5.11 Å². The smallest absolute Gasteiger partial charge is 0.223 e. The average Bonchev–Trinajstić information content (AvgIpc) is 2.63. The Morgan fingerprint density at radius 3 is 2.50 bits per heavy atom. The third-order valence-electron chi connectivity index (χ3n) is 2.73. The van der Waals surface area contributed by atoms with Gasteiger partial charge in [-0.2, -0.15) is 10.1 Å². The lowest BCUT2D eigenvalue weighted by molar-refractivity contribution is 0.458. The van der Waals surface area contributed by atoms with Gasteiger partial charge < -0.3 is 5.11 Å². The zero-order valence-corrected chi connectivity index (χ0v) is 10.1. The molecular formula is C11H17N3OS. The lowest BCUT2D eigenvalue weighted by Gasteiger charge is -2.10. The Kier molecular flexibility index (Phi) is 4.16. The molecule has 1 aromatic heterocycles. The predicted octanol–water partition coefficient (Wildman–Crippen LogP) is 3.36. The number of hydrogen-bond acceptors (Lipinski definition) is 5. The van der Waals surface area contributed by atoms with Gasteiger partial charge >= 0.3 is 0 Å². The highest BCUT2D eigenvalue weighted by Crippen LogP contribution is 2.20. The summed E-state index contributed by atoms with van der Waals surface area (Å²) in [5, 5.41) is 15.7. The molecule has 0 bridgehead atoms. The van der Waals surface area contributed by atoms with Crippen molar-refractivity contribution in [3.8, 4) is 5.88 Å². The average molecular weight is 239 g/mol. The summed E-state index contributed by atoms with van der Waals surface area (Å²) in [6.07, 6.45) is 8.65. The predicted molar refractivity (Wildman–Crippen MR) is 67.2 cm³/mol. The summed E-state index contributed by atoms with van der Waals surface area (Å²) in [7, 11) is 0. The normalized spacial score (nSPS) is 17.6. The molecule has 1 fully saturated rings. The lowest BCUT2D eigenvalue weighted by atomic mass is 9.99. The number of nitrogens with one attached hydrogen (secondary N) is 1. The van der Waals surface area contributed by atoms with Crippen LogP contribution < -0.4 is 5.43 Å². The molecule has 1 aliphatic rings. The van der Waals surface area contributed by atoms with Crippen molar-refractivity contribution < 1.29 is 5.11 Å². The Morgan fingerprint density at radius 2 is 1.88 bits per heavy atom. The van der Waals surface area contributed by atoms with Gasteiger partial charge in [0.2, 0.25) is 11.0 Å². The topological polar surface area (TPSA) is 57.5 Å². The molecule has 0 unspecified atom stereocenters. The van der Waals surface area contributed by atoms with Crippen molar-refractivity contribution in [2.75, 3.05) is 5.43 Å². The third-order valence-corrected chi connectivity index (χ3v) is 3.47. The summed E-state index contributed by atoms with van der Waals surface area (Å²) in [5.74, 6) is 0.0605. The van der Waals surface area contributed by atoms with Gasteiger partial charge in [-0.1, -0.05) is 30.6 Å². The first-order valence-corrected chi connectivity index (χ1v) is 6.68. The lowest BCUT2D eigenvalue weighted by Crippen LogP contribution is -2.05. The Labute approximate surface area is 99.4 Å². The maximum atomic E-state index is 9.08. The number of hydrogen-bond donors (Lipinski definition) is 2. The quantitative estimate of drug-likeness (QED) is 0.778. The van der Waals surface area contributed by atoms with Gasteiger partial charge in [0.25, 0.3) is 0 Å². The van der Waals surface area contributed by atoms with E-state index in [1.807, 2.05) is 0 Å². The molecule has 5 heteroatoms. The number of aromatic hydroxyl groups is 1. The van der Waals surface area contributed by atoms with Crippen LogP contribution in [0.15, 0.2) is 10.5 Å². The first-order valence-electron chi connectivity index (χ1n) is 5.80. The number of hydrazone groups is 1. The van der Waals surface area contributed by atoms with Crippen molar-refractivity contribution >= 4 is 22.2 Å². The van der Waals surface area contributed by atoms with Gasteiger partial charge in [0.1, 0.15) is 0 Å². The summed E-state index contributed by atoms with van der Waals surface area (Å²) in [6, 6.07) is 0. The van der Waals surface area contributed by atoms with Gasteiger partial charge in [0, 0.05) is 5.71 Å². The molecule has 0 saturated heterocycles. The molecule has 2 rings (SSSR count). The minimum Gasteiger partial charge on any atom is -0.493 e. The van der Waals surface area contributed by atoms with Gasteiger partial charge in [-0.3, -0.25) is 5.43 Å². The van der Waals surface area contributed by atoms with Gasteiger partial charge in [-0.05, 0) is 25.7 Å². The van der Waals surface area contributed by atoms with E-state index in [-0.39, 0.29) is 5.88 Å². The fourth-order valence-corrected chi connectivity index (χ4v) is 2.38. The fourth-order valence-electron chi connectivity index (χ4n) is 1.87. The van der Waals surface area contributed by atoms with Crippen LogP contribution in [-0.2, 0) is 0 Å². The summed E-state index contributed by atoms with van der Waals surface area (Å²) in [6.45, 7) is 0. The third kappa shape index (κ3) is 3.48. The number of nitrogens with zero attached hydrogens (tertiary/aromatic N) is 2. The zero-order chi connectivity index (χ0) is 11.2. The maximum Gasteiger partial charge on any atom is 0.223 e. The van der Waals surface area contributed by atoms with Gasteiger partial charge in [-0.15, -0.1) is 0 Å². The van der Waals surface area contributed by atoms with Crippen LogP contribution in [0.4, 0.5) is 5.13 Å². The van der Waals surface area contributed by atoms with E-state index in [0.717, 1.165) is 12.8 Å². The maximum absolute atomic E-state index is 9.08. The first kappa shape index (κ1) is 11.4. The number of rotatable bonds is 2. The molecule has 16 heavy (non-hydrogen) atoms. The molecule has 0 aliphatic heterocycles. The standard InChI is InChI=1S/C11H17N3OS/c15-10-8-16-11(12-10)14-13-9-6-4-2-1-3-5-7-9/h8,15H,1-7H2,(H,12,14). The molecule has 1 heterocycles. The summed E-state index contributed by atoms with van der Waals surface area (Å²) in [4.78, 5) is 3.89. The SMILES string of the molecule is Oc1csc(NN=C2CCCCCCC2)n1. The molecule has 1 saturated carbocycles. The summed E-state index contributed by atoms with van der Waals surface area (Å²) < 4.78 is 0. The minimum absolute atomic E-state index is 0.0605. The number of aromatic nitrogens is 1. The van der Waals surface area contributed by atoms with Crippen LogP contribution in [0, 0.1) is 0 Å². The van der Waals surface area contributed by atoms with Crippen molar-refractivity contribution in [3.05, 3.63) is 5.38 Å². The van der Waals surface area contributed by atoms with E-state index in [1.54, 1.807) is 5.38 Å². The monoisotopic (exact) mass is 239 g/mol. The highest BCUT2D eigenvalue weighted by molar-refractivity contribution is 7.13. The Balaban J connectivity index is 1.89. The molecule has 1 aromatic rings.